The van der Waals surface area contributed by atoms with Crippen LogP contribution in [0.4, 0.5) is 0 Å². The van der Waals surface area contributed by atoms with Gasteiger partial charge in [-0.1, -0.05) is 0 Å². The van der Waals surface area contributed by atoms with Crippen LogP contribution in [0.15, 0.2) is 23.4 Å². The van der Waals surface area contributed by atoms with Gasteiger partial charge in [0.2, 0.25) is 0 Å². The van der Waals surface area contributed by atoms with E-state index in [1.54, 1.807) is 6.07 Å². The smallest absolute Gasteiger partial charge is 0.262 e. The zero-order valence-corrected chi connectivity index (χ0v) is 8.80. The second-order valence-electron chi connectivity index (χ2n) is 2.82. The van der Waals surface area contributed by atoms with Gasteiger partial charge in [-0.3, -0.25) is 0 Å². The fourth-order valence-electron chi connectivity index (χ4n) is 1.25. The maximum Gasteiger partial charge on any atom is 0.262 e. The van der Waals surface area contributed by atoms with E-state index < -0.39 is 9.05 Å². The number of nitrogens with zero attached hydrogens (tertiary/aromatic N) is 2. The van der Waals surface area contributed by atoms with Gasteiger partial charge in [0, 0.05) is 10.7 Å². The minimum atomic E-state index is -3.91. The third kappa shape index (κ3) is 1.67. The summed E-state index contributed by atoms with van der Waals surface area (Å²) in [6.07, 6.45) is 1.41. The van der Waals surface area contributed by atoms with Crippen molar-refractivity contribution in [3.63, 3.8) is 0 Å². The number of rotatable bonds is 1. The van der Waals surface area contributed by atoms with Crippen molar-refractivity contribution in [3.05, 3.63) is 24.0 Å². The Hall–Kier alpha value is -1.58. The molecule has 1 heterocycles. The first kappa shape index (κ1) is 9.96. The molecular formula is C8H4ClN3O2S. The number of aromatic nitrogens is 2. The molecule has 0 amide bonds. The van der Waals surface area contributed by atoms with Crippen molar-refractivity contribution in [3.8, 4) is 6.07 Å². The van der Waals surface area contributed by atoms with Gasteiger partial charge in [-0.05, 0) is 12.1 Å². The minimum absolute atomic E-state index is 0.00963. The number of nitrogens with one attached hydrogen (secondary N) is 1. The number of hydrogen-bond acceptors (Lipinski definition) is 4. The van der Waals surface area contributed by atoms with E-state index in [4.69, 9.17) is 15.9 Å². The molecule has 2 rings (SSSR count). The topological polar surface area (TPSA) is 86.6 Å². The first-order valence-corrected chi connectivity index (χ1v) is 6.15. The first-order chi connectivity index (χ1) is 7.02. The second-order valence-corrected chi connectivity index (χ2v) is 5.35. The molecule has 1 aromatic heterocycles. The van der Waals surface area contributed by atoms with Crippen LogP contribution in [0.3, 0.4) is 0 Å². The van der Waals surface area contributed by atoms with Crippen LogP contribution in [-0.2, 0) is 9.05 Å². The van der Waals surface area contributed by atoms with Crippen molar-refractivity contribution in [1.29, 1.82) is 5.26 Å². The van der Waals surface area contributed by atoms with Crippen LogP contribution in [0, 0.1) is 11.3 Å². The molecule has 7 heteroatoms. The molecule has 1 aromatic carbocycles. The summed E-state index contributed by atoms with van der Waals surface area (Å²) in [4.78, 5) is 6.44. The quantitative estimate of drug-likeness (QED) is 0.764. The van der Waals surface area contributed by atoms with Gasteiger partial charge in [0.1, 0.15) is 11.0 Å². The summed E-state index contributed by atoms with van der Waals surface area (Å²) < 4.78 is 22.3. The second kappa shape index (κ2) is 3.22. The minimum Gasteiger partial charge on any atom is -0.345 e. The molecule has 0 unspecified atom stereocenters. The van der Waals surface area contributed by atoms with Gasteiger partial charge in [-0.15, -0.1) is 0 Å². The lowest BCUT2D eigenvalue weighted by molar-refractivity contribution is 0.609. The maximum absolute atomic E-state index is 11.2. The van der Waals surface area contributed by atoms with Crippen molar-refractivity contribution >= 4 is 30.8 Å². The van der Waals surface area contributed by atoms with Crippen molar-refractivity contribution in [1.82, 2.24) is 9.97 Å². The highest BCUT2D eigenvalue weighted by Gasteiger charge is 2.17. The molecule has 0 saturated heterocycles. The highest BCUT2D eigenvalue weighted by Crippen LogP contribution is 2.23. The van der Waals surface area contributed by atoms with E-state index >= 15 is 0 Å². The highest BCUT2D eigenvalue weighted by molar-refractivity contribution is 8.13. The Morgan fingerprint density at radius 3 is 2.80 bits per heavy atom. The van der Waals surface area contributed by atoms with Gasteiger partial charge in [-0.2, -0.15) is 5.26 Å². The normalized spacial score (nSPS) is 11.5. The Bertz CT molecular complexity index is 669. The number of nitriles is 1. The molecular weight excluding hydrogens is 238 g/mol. The van der Waals surface area contributed by atoms with Gasteiger partial charge in [0.25, 0.3) is 9.05 Å². The van der Waals surface area contributed by atoms with E-state index in [1.807, 2.05) is 0 Å². The SMILES string of the molecule is N#Cc1cc2nc[nH]c2cc1S(=O)(=O)Cl. The number of benzene rings is 1. The van der Waals surface area contributed by atoms with Crippen molar-refractivity contribution < 1.29 is 8.42 Å². The van der Waals surface area contributed by atoms with E-state index in [0.717, 1.165) is 0 Å². The van der Waals surface area contributed by atoms with Crippen molar-refractivity contribution in [2.24, 2.45) is 0 Å². The van der Waals surface area contributed by atoms with Crippen molar-refractivity contribution in [2.75, 3.05) is 0 Å². The van der Waals surface area contributed by atoms with Gasteiger partial charge in [0.05, 0.1) is 22.9 Å². The summed E-state index contributed by atoms with van der Waals surface area (Å²) in [7, 11) is 1.28. The lowest BCUT2D eigenvalue weighted by atomic mass is 10.2. The molecule has 0 radical (unpaired) electrons. The van der Waals surface area contributed by atoms with Gasteiger partial charge in [0.15, 0.2) is 0 Å². The van der Waals surface area contributed by atoms with E-state index in [1.165, 1.54) is 18.5 Å². The Balaban J connectivity index is 2.89. The fourth-order valence-corrected chi connectivity index (χ4v) is 2.26. The van der Waals surface area contributed by atoms with Crippen LogP contribution in [0.25, 0.3) is 11.0 Å². The zero-order valence-electron chi connectivity index (χ0n) is 7.23. The highest BCUT2D eigenvalue weighted by atomic mass is 35.7. The predicted molar refractivity (Wildman–Crippen MR) is 53.8 cm³/mol. The molecule has 0 spiro atoms. The standard InChI is InChI=1S/C8H4ClN3O2S/c9-15(13,14)8-2-7-6(11-4-12-7)1-5(8)3-10/h1-2,4H,(H,11,12). The summed E-state index contributed by atoms with van der Waals surface area (Å²) in [6, 6.07) is 4.44. The molecule has 0 aliphatic carbocycles. The molecule has 1 N–H and O–H groups in total. The fraction of sp³-hybridized carbons (Fsp3) is 0. The Labute approximate surface area is 89.7 Å². The summed E-state index contributed by atoms with van der Waals surface area (Å²) in [5.41, 5.74) is 1.04. The number of halogens is 1. The van der Waals surface area contributed by atoms with Crippen LogP contribution in [0.2, 0.25) is 0 Å². The number of H-pyrrole nitrogens is 1. The van der Waals surface area contributed by atoms with Gasteiger partial charge < -0.3 is 4.98 Å². The number of fused-ring (bicyclic) bond motifs is 1. The molecule has 0 aliphatic heterocycles. The molecule has 76 valence electrons. The largest absolute Gasteiger partial charge is 0.345 e. The first-order valence-electron chi connectivity index (χ1n) is 3.84. The molecule has 0 bridgehead atoms. The maximum atomic E-state index is 11.2. The van der Waals surface area contributed by atoms with Crippen LogP contribution in [-0.4, -0.2) is 18.4 Å². The zero-order chi connectivity index (χ0) is 11.1. The predicted octanol–water partition coefficient (Wildman–Crippen LogP) is 1.36. The van der Waals surface area contributed by atoms with Crippen molar-refractivity contribution in [2.45, 2.75) is 4.90 Å². The van der Waals surface area contributed by atoms with Crippen LogP contribution in [0.1, 0.15) is 5.56 Å². The van der Waals surface area contributed by atoms with Crippen LogP contribution < -0.4 is 0 Å². The summed E-state index contributed by atoms with van der Waals surface area (Å²) >= 11 is 0. The monoisotopic (exact) mass is 241 g/mol. The number of aromatic amines is 1. The summed E-state index contributed by atoms with van der Waals surface area (Å²) in [6.45, 7) is 0. The Kier molecular flexibility index (Phi) is 2.14. The molecule has 0 saturated carbocycles. The van der Waals surface area contributed by atoms with Gasteiger partial charge >= 0.3 is 0 Å². The molecule has 0 atom stereocenters. The lowest BCUT2D eigenvalue weighted by Crippen LogP contribution is -1.95. The van der Waals surface area contributed by atoms with E-state index in [0.29, 0.717) is 11.0 Å². The number of hydrogen-bond donors (Lipinski definition) is 1. The van der Waals surface area contributed by atoms with E-state index in [9.17, 15) is 8.42 Å². The van der Waals surface area contributed by atoms with E-state index in [2.05, 4.69) is 9.97 Å². The van der Waals surface area contributed by atoms with Crippen LogP contribution in [0.5, 0.6) is 0 Å². The molecule has 0 aliphatic rings. The average molecular weight is 242 g/mol. The summed E-state index contributed by atoms with van der Waals surface area (Å²) in [5, 5.41) is 8.77. The Morgan fingerprint density at radius 2 is 2.20 bits per heavy atom. The lowest BCUT2D eigenvalue weighted by Gasteiger charge is -1.98. The number of imidazole rings is 1. The van der Waals surface area contributed by atoms with Crippen LogP contribution >= 0.6 is 10.7 Å². The van der Waals surface area contributed by atoms with Gasteiger partial charge in [-0.25, -0.2) is 13.4 Å². The summed E-state index contributed by atoms with van der Waals surface area (Å²) in [5.74, 6) is 0. The van der Waals surface area contributed by atoms with E-state index in [-0.39, 0.29) is 10.5 Å². The average Bonchev–Trinajstić information content (AvgIpc) is 2.60. The third-order valence-electron chi connectivity index (χ3n) is 1.90. The molecule has 2 aromatic rings. The Morgan fingerprint density at radius 1 is 1.47 bits per heavy atom. The molecule has 15 heavy (non-hydrogen) atoms. The molecule has 5 nitrogen and oxygen atoms in total. The molecule has 0 fully saturated rings. The third-order valence-corrected chi connectivity index (χ3v) is 3.27.